The van der Waals surface area contributed by atoms with Gasteiger partial charge in [-0.2, -0.15) is 0 Å². The highest BCUT2D eigenvalue weighted by Crippen LogP contribution is 2.30. The van der Waals surface area contributed by atoms with Gasteiger partial charge in [-0.25, -0.2) is 4.31 Å². The minimum Gasteiger partial charge on any atom is -0.397 e. The lowest BCUT2D eigenvalue weighted by Gasteiger charge is -1.86. The fourth-order valence-electron chi connectivity index (χ4n) is 0.0747. The van der Waals surface area contributed by atoms with Crippen molar-refractivity contribution < 1.29 is 28.3 Å². The lowest BCUT2D eigenvalue weighted by atomic mass is 10.9. The van der Waals surface area contributed by atoms with Gasteiger partial charge in [0.2, 0.25) is 0 Å². The summed E-state index contributed by atoms with van der Waals surface area (Å²) in [4.78, 5) is 15.4. The SMILES string of the molecule is CCO.N.N.O=[PH](O)O[PH](=O)O. The van der Waals surface area contributed by atoms with Crippen molar-refractivity contribution in [1.29, 1.82) is 0 Å². The third kappa shape index (κ3) is 48.8. The van der Waals surface area contributed by atoms with Crippen molar-refractivity contribution in [1.82, 2.24) is 12.3 Å². The minimum absolute atomic E-state index is 0. The summed E-state index contributed by atoms with van der Waals surface area (Å²) in [6.45, 7) is 1.93. The van der Waals surface area contributed by atoms with Gasteiger partial charge in [0.15, 0.2) is 0 Å². The van der Waals surface area contributed by atoms with Crippen LogP contribution in [0.2, 0.25) is 0 Å². The van der Waals surface area contributed by atoms with Crippen molar-refractivity contribution in [2.75, 3.05) is 6.61 Å². The van der Waals surface area contributed by atoms with Crippen LogP contribution in [-0.4, -0.2) is 21.5 Å². The van der Waals surface area contributed by atoms with E-state index in [4.69, 9.17) is 14.9 Å². The summed E-state index contributed by atoms with van der Waals surface area (Å²) in [7, 11) is -6.40. The summed E-state index contributed by atoms with van der Waals surface area (Å²) < 4.78 is 22.3. The van der Waals surface area contributed by atoms with Gasteiger partial charge in [0.25, 0.3) is 0 Å². The van der Waals surface area contributed by atoms with Crippen molar-refractivity contribution in [3.63, 3.8) is 0 Å². The summed E-state index contributed by atoms with van der Waals surface area (Å²) >= 11 is 0. The molecule has 2 unspecified atom stereocenters. The molecule has 0 radical (unpaired) electrons. The predicted octanol–water partition coefficient (Wildman–Crippen LogP) is 0.0896. The summed E-state index contributed by atoms with van der Waals surface area (Å²) in [5.41, 5.74) is 0. The van der Waals surface area contributed by atoms with Crippen LogP contribution < -0.4 is 12.3 Å². The van der Waals surface area contributed by atoms with Crippen LogP contribution in [0.3, 0.4) is 0 Å². The number of hydrogen-bond donors (Lipinski definition) is 5. The third-order valence-electron chi connectivity index (χ3n) is 0.175. The maximum atomic E-state index is 9.44. The maximum Gasteiger partial charge on any atom is 0.323 e. The van der Waals surface area contributed by atoms with Crippen molar-refractivity contribution in [2.24, 2.45) is 0 Å². The van der Waals surface area contributed by atoms with Crippen molar-refractivity contribution in [2.45, 2.75) is 6.92 Å². The second-order valence-corrected chi connectivity index (χ2v) is 2.83. The highest BCUT2D eigenvalue weighted by molar-refractivity contribution is 7.46. The first-order valence-electron chi connectivity index (χ1n) is 2.29. The standard InChI is InChI=1S/C2H6O.2H3N.H4O5P2/c1-2-3;;;1-6(2)5-7(3)4/h3H,2H2,1H3;2*1H3;6-7H,(H,1,2)(H,3,4). The molecule has 9 N–H and O–H groups in total. The third-order valence-corrected chi connectivity index (χ3v) is 1.57. The Morgan fingerprint density at radius 3 is 1.33 bits per heavy atom. The molecule has 0 aromatic heterocycles. The molecule has 0 aromatic rings. The molecular formula is C2H16N2O6P2. The Balaban J connectivity index is -0.0000000569. The van der Waals surface area contributed by atoms with E-state index in [9.17, 15) is 9.13 Å². The molecule has 0 amide bonds. The fourth-order valence-corrected chi connectivity index (χ4v) is 0.672. The molecule has 10 heteroatoms. The van der Waals surface area contributed by atoms with E-state index in [1.807, 2.05) is 0 Å². The molecule has 0 saturated heterocycles. The van der Waals surface area contributed by atoms with Crippen LogP contribution in [0, 0.1) is 0 Å². The van der Waals surface area contributed by atoms with E-state index >= 15 is 0 Å². The van der Waals surface area contributed by atoms with Crippen LogP contribution in [0.5, 0.6) is 0 Å². The van der Waals surface area contributed by atoms with Crippen molar-refractivity contribution in [3.05, 3.63) is 0 Å². The van der Waals surface area contributed by atoms with Crippen molar-refractivity contribution >= 4 is 16.5 Å². The summed E-state index contributed by atoms with van der Waals surface area (Å²) in [6.07, 6.45) is 0. The second kappa shape index (κ2) is 17.3. The molecule has 0 bridgehead atoms. The molecule has 8 nitrogen and oxygen atoms in total. The van der Waals surface area contributed by atoms with Crippen LogP contribution in [0.25, 0.3) is 0 Å². The lowest BCUT2D eigenvalue weighted by molar-refractivity contribution is 0.318. The summed E-state index contributed by atoms with van der Waals surface area (Å²) in [5, 5.41) is 7.57. The zero-order chi connectivity index (χ0) is 8.57. The maximum absolute atomic E-state index is 9.44. The topological polar surface area (TPSA) is 174 Å². The molecule has 80 valence electrons. The van der Waals surface area contributed by atoms with Crippen LogP contribution in [-0.2, 0) is 13.4 Å². The van der Waals surface area contributed by atoms with Crippen molar-refractivity contribution in [3.8, 4) is 0 Å². The molecular weight excluding hydrogens is 210 g/mol. The Morgan fingerprint density at radius 1 is 1.17 bits per heavy atom. The van der Waals surface area contributed by atoms with Crippen LogP contribution in [0.15, 0.2) is 0 Å². The Hall–Kier alpha value is 0.220. The molecule has 0 saturated carbocycles. The van der Waals surface area contributed by atoms with E-state index < -0.39 is 16.5 Å². The van der Waals surface area contributed by atoms with Gasteiger partial charge in [0, 0.05) is 6.61 Å². The zero-order valence-corrected chi connectivity index (χ0v) is 8.69. The molecule has 0 aliphatic rings. The number of aliphatic hydroxyl groups is 1. The van der Waals surface area contributed by atoms with E-state index in [0.29, 0.717) is 0 Å². The van der Waals surface area contributed by atoms with Gasteiger partial charge in [-0.05, 0) is 6.92 Å². The van der Waals surface area contributed by atoms with Crippen LogP contribution >= 0.6 is 16.5 Å². The van der Waals surface area contributed by atoms with E-state index in [-0.39, 0.29) is 18.9 Å². The Labute approximate surface area is 71.6 Å². The molecule has 0 spiro atoms. The molecule has 0 aromatic carbocycles. The highest BCUT2D eigenvalue weighted by Gasteiger charge is 1.93. The zero-order valence-electron chi connectivity index (χ0n) is 6.69. The fraction of sp³-hybridized carbons (Fsp3) is 1.00. The minimum atomic E-state index is -3.20. The molecule has 2 atom stereocenters. The molecule has 0 aliphatic heterocycles. The molecule has 0 fully saturated rings. The first-order chi connectivity index (χ1) is 4.54. The van der Waals surface area contributed by atoms with Crippen LogP contribution in [0.4, 0.5) is 0 Å². The number of rotatable bonds is 2. The molecule has 12 heavy (non-hydrogen) atoms. The van der Waals surface area contributed by atoms with Crippen LogP contribution in [0.1, 0.15) is 6.92 Å². The average molecular weight is 226 g/mol. The molecule has 0 heterocycles. The van der Waals surface area contributed by atoms with Gasteiger partial charge in [-0.15, -0.1) is 0 Å². The summed E-state index contributed by atoms with van der Waals surface area (Å²) in [6, 6.07) is 0. The van der Waals surface area contributed by atoms with Gasteiger partial charge < -0.3 is 27.2 Å². The normalized spacial score (nSPS) is 12.3. The quantitative estimate of drug-likeness (QED) is 0.411. The first-order valence-corrected chi connectivity index (χ1v) is 4.81. The van der Waals surface area contributed by atoms with E-state index in [1.165, 1.54) is 0 Å². The van der Waals surface area contributed by atoms with E-state index in [1.54, 1.807) is 6.92 Å². The highest BCUT2D eigenvalue weighted by atomic mass is 31.2. The molecule has 0 aliphatic carbocycles. The van der Waals surface area contributed by atoms with Gasteiger partial charge in [-0.3, -0.25) is 9.13 Å². The van der Waals surface area contributed by atoms with Gasteiger partial charge in [-0.1, -0.05) is 0 Å². The van der Waals surface area contributed by atoms with Gasteiger partial charge in [0.1, 0.15) is 0 Å². The monoisotopic (exact) mass is 226 g/mol. The summed E-state index contributed by atoms with van der Waals surface area (Å²) in [5.74, 6) is 0. The second-order valence-electron chi connectivity index (χ2n) is 0.950. The predicted molar refractivity (Wildman–Crippen MR) is 46.3 cm³/mol. The van der Waals surface area contributed by atoms with E-state index in [0.717, 1.165) is 0 Å². The van der Waals surface area contributed by atoms with Gasteiger partial charge in [0.05, 0.1) is 0 Å². The largest absolute Gasteiger partial charge is 0.397 e. The smallest absolute Gasteiger partial charge is 0.323 e. The average Bonchev–Trinajstić information content (AvgIpc) is 1.62. The molecule has 0 rings (SSSR count). The number of hydrogen-bond acceptors (Lipinski definition) is 6. The first kappa shape index (κ1) is 22.8. The van der Waals surface area contributed by atoms with E-state index in [2.05, 4.69) is 4.31 Å². The number of aliphatic hydroxyl groups excluding tert-OH is 1. The van der Waals surface area contributed by atoms with Gasteiger partial charge >= 0.3 is 16.5 Å². The Kier molecular flexibility index (Phi) is 32.9. The lowest BCUT2D eigenvalue weighted by Crippen LogP contribution is -1.58. The Bertz CT molecular complexity index is 108. The Morgan fingerprint density at radius 2 is 1.33 bits per heavy atom.